The van der Waals surface area contributed by atoms with Crippen LogP contribution >= 0.6 is 0 Å². The van der Waals surface area contributed by atoms with Gasteiger partial charge in [-0.2, -0.15) is 0 Å². The summed E-state index contributed by atoms with van der Waals surface area (Å²) in [5, 5.41) is 3.39. The van der Waals surface area contributed by atoms with Gasteiger partial charge in [0.05, 0.1) is 25.9 Å². The fraction of sp³-hybridized carbons (Fsp3) is 1.00. The smallest absolute Gasteiger partial charge is 0.0852 e. The fourth-order valence-corrected chi connectivity index (χ4v) is 2.45. The third-order valence-corrected chi connectivity index (χ3v) is 3.44. The van der Waals surface area contributed by atoms with Crippen LogP contribution in [0.1, 0.15) is 13.8 Å². The molecule has 0 amide bonds. The summed E-state index contributed by atoms with van der Waals surface area (Å²) < 4.78 is 11.2. The number of hydrogen-bond acceptors (Lipinski definition) is 4. The van der Waals surface area contributed by atoms with Crippen LogP contribution in [-0.4, -0.2) is 62.5 Å². The predicted molar refractivity (Wildman–Crippen MR) is 59.1 cm³/mol. The highest BCUT2D eigenvalue weighted by atomic mass is 16.5. The summed E-state index contributed by atoms with van der Waals surface area (Å²) >= 11 is 0. The standard InChI is InChI=1S/C11H22N2O2/c1-9-8-14-6-4-13(9)10(2)11-7-12-3-5-15-11/h9-12H,3-8H2,1-2H3. The molecule has 4 nitrogen and oxygen atoms in total. The number of ether oxygens (including phenoxy) is 2. The maximum Gasteiger partial charge on any atom is 0.0852 e. The normalized spacial score (nSPS) is 36.4. The van der Waals surface area contributed by atoms with Crippen molar-refractivity contribution in [3.05, 3.63) is 0 Å². The second-order valence-electron chi connectivity index (χ2n) is 4.52. The van der Waals surface area contributed by atoms with E-state index in [0.29, 0.717) is 18.2 Å². The Kier molecular flexibility index (Phi) is 3.97. The maximum absolute atomic E-state index is 5.80. The van der Waals surface area contributed by atoms with E-state index in [2.05, 4.69) is 24.1 Å². The van der Waals surface area contributed by atoms with Gasteiger partial charge in [0.2, 0.25) is 0 Å². The van der Waals surface area contributed by atoms with Crippen molar-refractivity contribution in [1.29, 1.82) is 0 Å². The monoisotopic (exact) mass is 214 g/mol. The molecule has 0 spiro atoms. The zero-order chi connectivity index (χ0) is 10.7. The van der Waals surface area contributed by atoms with E-state index >= 15 is 0 Å². The van der Waals surface area contributed by atoms with Gasteiger partial charge in [-0.3, -0.25) is 4.90 Å². The molecule has 0 radical (unpaired) electrons. The van der Waals surface area contributed by atoms with Crippen LogP contribution in [0.5, 0.6) is 0 Å². The first-order chi connectivity index (χ1) is 7.29. The summed E-state index contributed by atoms with van der Waals surface area (Å²) in [6.07, 6.45) is 0.333. The molecule has 0 aromatic rings. The van der Waals surface area contributed by atoms with Crippen molar-refractivity contribution in [3.8, 4) is 0 Å². The molecule has 2 rings (SSSR count). The molecule has 4 heteroatoms. The summed E-state index contributed by atoms with van der Waals surface area (Å²) in [7, 11) is 0. The van der Waals surface area contributed by atoms with E-state index in [-0.39, 0.29) is 0 Å². The van der Waals surface area contributed by atoms with Crippen LogP contribution in [0.2, 0.25) is 0 Å². The second-order valence-corrected chi connectivity index (χ2v) is 4.52. The van der Waals surface area contributed by atoms with Crippen molar-refractivity contribution in [3.63, 3.8) is 0 Å². The van der Waals surface area contributed by atoms with Crippen molar-refractivity contribution >= 4 is 0 Å². The minimum absolute atomic E-state index is 0.333. The quantitative estimate of drug-likeness (QED) is 0.706. The van der Waals surface area contributed by atoms with Crippen LogP contribution in [0.25, 0.3) is 0 Å². The second kappa shape index (κ2) is 5.25. The molecule has 0 saturated carbocycles. The number of morpholine rings is 2. The molecule has 2 aliphatic rings. The van der Waals surface area contributed by atoms with Gasteiger partial charge in [0.15, 0.2) is 0 Å². The molecule has 2 aliphatic heterocycles. The van der Waals surface area contributed by atoms with Gasteiger partial charge < -0.3 is 14.8 Å². The number of nitrogens with zero attached hydrogens (tertiary/aromatic N) is 1. The molecule has 2 saturated heterocycles. The Morgan fingerprint density at radius 1 is 1.40 bits per heavy atom. The van der Waals surface area contributed by atoms with E-state index in [4.69, 9.17) is 9.47 Å². The maximum atomic E-state index is 5.80. The molecule has 3 atom stereocenters. The molecular weight excluding hydrogens is 192 g/mol. The zero-order valence-corrected chi connectivity index (χ0v) is 9.74. The predicted octanol–water partition coefficient (Wildman–Crippen LogP) is 0.0840. The lowest BCUT2D eigenvalue weighted by Crippen LogP contribution is -2.56. The molecule has 2 heterocycles. The summed E-state index contributed by atoms with van der Waals surface area (Å²) in [5.74, 6) is 0. The minimum Gasteiger partial charge on any atom is -0.379 e. The molecular formula is C11H22N2O2. The van der Waals surface area contributed by atoms with Crippen molar-refractivity contribution in [1.82, 2.24) is 10.2 Å². The van der Waals surface area contributed by atoms with E-state index in [0.717, 1.165) is 39.5 Å². The summed E-state index contributed by atoms with van der Waals surface area (Å²) in [5.41, 5.74) is 0. The van der Waals surface area contributed by atoms with Gasteiger partial charge in [-0.05, 0) is 13.8 Å². The molecule has 1 N–H and O–H groups in total. The van der Waals surface area contributed by atoms with Crippen LogP contribution in [0.4, 0.5) is 0 Å². The first kappa shape index (κ1) is 11.3. The molecule has 0 aromatic carbocycles. The molecule has 88 valence electrons. The molecule has 0 aliphatic carbocycles. The van der Waals surface area contributed by atoms with Gasteiger partial charge >= 0.3 is 0 Å². The number of hydrogen-bond donors (Lipinski definition) is 1. The van der Waals surface area contributed by atoms with Crippen molar-refractivity contribution in [2.45, 2.75) is 32.0 Å². The third kappa shape index (κ3) is 2.69. The fourth-order valence-electron chi connectivity index (χ4n) is 2.45. The summed E-state index contributed by atoms with van der Waals surface area (Å²) in [6.45, 7) is 10.0. The highest BCUT2D eigenvalue weighted by Crippen LogP contribution is 2.15. The number of rotatable bonds is 2. The van der Waals surface area contributed by atoms with Crippen LogP contribution in [0, 0.1) is 0 Å². The number of nitrogens with one attached hydrogen (secondary N) is 1. The summed E-state index contributed by atoms with van der Waals surface area (Å²) in [4.78, 5) is 2.50. The lowest BCUT2D eigenvalue weighted by atomic mass is 10.1. The van der Waals surface area contributed by atoms with E-state index in [1.807, 2.05) is 0 Å². The van der Waals surface area contributed by atoms with Crippen LogP contribution in [0.3, 0.4) is 0 Å². The van der Waals surface area contributed by atoms with Gasteiger partial charge in [-0.1, -0.05) is 0 Å². The van der Waals surface area contributed by atoms with Gasteiger partial charge in [-0.15, -0.1) is 0 Å². The van der Waals surface area contributed by atoms with E-state index in [1.165, 1.54) is 0 Å². The molecule has 2 fully saturated rings. The summed E-state index contributed by atoms with van der Waals surface area (Å²) in [6, 6.07) is 0.996. The first-order valence-electron chi connectivity index (χ1n) is 5.95. The van der Waals surface area contributed by atoms with Crippen molar-refractivity contribution in [2.24, 2.45) is 0 Å². The van der Waals surface area contributed by atoms with Gasteiger partial charge in [0.1, 0.15) is 0 Å². The highest BCUT2D eigenvalue weighted by molar-refractivity contribution is 4.84. The molecule has 3 unspecified atom stereocenters. The topological polar surface area (TPSA) is 33.7 Å². The Hall–Kier alpha value is -0.160. The highest BCUT2D eigenvalue weighted by Gasteiger charge is 2.30. The van der Waals surface area contributed by atoms with Crippen molar-refractivity contribution in [2.75, 3.05) is 39.5 Å². The zero-order valence-electron chi connectivity index (χ0n) is 9.74. The Morgan fingerprint density at radius 3 is 2.93 bits per heavy atom. The van der Waals surface area contributed by atoms with Crippen LogP contribution in [0.15, 0.2) is 0 Å². The van der Waals surface area contributed by atoms with E-state index in [1.54, 1.807) is 0 Å². The molecule has 0 bridgehead atoms. The Bertz CT molecular complexity index is 195. The average molecular weight is 214 g/mol. The lowest BCUT2D eigenvalue weighted by Gasteiger charge is -2.42. The van der Waals surface area contributed by atoms with Gasteiger partial charge in [0.25, 0.3) is 0 Å². The SMILES string of the molecule is CC1COCCN1C(C)C1CNCCO1. The third-order valence-electron chi connectivity index (χ3n) is 3.44. The van der Waals surface area contributed by atoms with Crippen LogP contribution < -0.4 is 5.32 Å². The molecule has 0 aromatic heterocycles. The Labute approximate surface area is 91.9 Å². The largest absolute Gasteiger partial charge is 0.379 e. The van der Waals surface area contributed by atoms with E-state index in [9.17, 15) is 0 Å². The Balaban J connectivity index is 1.89. The minimum atomic E-state index is 0.333. The van der Waals surface area contributed by atoms with E-state index < -0.39 is 0 Å². The van der Waals surface area contributed by atoms with Crippen LogP contribution in [-0.2, 0) is 9.47 Å². The van der Waals surface area contributed by atoms with Crippen molar-refractivity contribution < 1.29 is 9.47 Å². The molecule has 15 heavy (non-hydrogen) atoms. The lowest BCUT2D eigenvalue weighted by molar-refractivity contribution is -0.0754. The average Bonchev–Trinajstić information content (AvgIpc) is 2.30. The Morgan fingerprint density at radius 2 is 2.27 bits per heavy atom. The van der Waals surface area contributed by atoms with Gasteiger partial charge in [0, 0.05) is 31.7 Å². The van der Waals surface area contributed by atoms with Gasteiger partial charge in [-0.25, -0.2) is 0 Å². The first-order valence-corrected chi connectivity index (χ1v) is 5.95.